The zero-order valence-electron chi connectivity index (χ0n) is 13.5. The number of aromatic nitrogens is 3. The third-order valence-electron chi connectivity index (χ3n) is 4.31. The van der Waals surface area contributed by atoms with Gasteiger partial charge in [-0.05, 0) is 58.5 Å². The van der Waals surface area contributed by atoms with Crippen LogP contribution in [0.2, 0.25) is 0 Å². The lowest BCUT2D eigenvalue weighted by molar-refractivity contribution is 0.377. The Hall–Kier alpha value is -1.72. The highest BCUT2D eigenvalue weighted by molar-refractivity contribution is 5.64. The molecule has 3 rings (SSSR count). The minimum Gasteiger partial charge on any atom is -0.324 e. The van der Waals surface area contributed by atoms with Gasteiger partial charge in [-0.25, -0.2) is 0 Å². The Morgan fingerprint density at radius 1 is 1.41 bits per heavy atom. The number of hydrogen-bond donors (Lipinski definition) is 1. The standard InChI is InChI=1S/C17H25N5/c1-21(2)10-5-11-22-15-8-3-7-14(18)16(15)17(20-22)13-6-4-9-19-12-13/h4,6,9,12,14H,3,5,7-8,10-11,18H2,1-2H3. The highest BCUT2D eigenvalue weighted by Crippen LogP contribution is 2.35. The Kier molecular flexibility index (Phi) is 4.55. The lowest BCUT2D eigenvalue weighted by atomic mass is 9.90. The van der Waals surface area contributed by atoms with Crippen LogP contribution in [0.1, 0.15) is 36.6 Å². The number of rotatable bonds is 5. The van der Waals surface area contributed by atoms with E-state index < -0.39 is 0 Å². The molecule has 0 aromatic carbocycles. The number of fused-ring (bicyclic) bond motifs is 1. The second-order valence-corrected chi connectivity index (χ2v) is 6.33. The lowest BCUT2D eigenvalue weighted by Gasteiger charge is -2.20. The van der Waals surface area contributed by atoms with E-state index in [-0.39, 0.29) is 6.04 Å². The molecule has 1 atom stereocenters. The summed E-state index contributed by atoms with van der Waals surface area (Å²) >= 11 is 0. The summed E-state index contributed by atoms with van der Waals surface area (Å²) in [6.45, 7) is 2.02. The maximum atomic E-state index is 6.39. The molecule has 1 aliphatic carbocycles. The average molecular weight is 299 g/mol. The monoisotopic (exact) mass is 299 g/mol. The molecular weight excluding hydrogens is 274 g/mol. The smallest absolute Gasteiger partial charge is 0.0989 e. The van der Waals surface area contributed by atoms with Crippen LogP contribution in [0.5, 0.6) is 0 Å². The third kappa shape index (κ3) is 3.05. The highest BCUT2D eigenvalue weighted by Gasteiger charge is 2.26. The molecule has 0 saturated carbocycles. The minimum absolute atomic E-state index is 0.0987. The molecule has 2 heterocycles. The first kappa shape index (κ1) is 15.2. The summed E-state index contributed by atoms with van der Waals surface area (Å²) in [5.74, 6) is 0. The SMILES string of the molecule is CN(C)CCCn1nc(-c2cccnc2)c2c1CCCC2N. The van der Waals surface area contributed by atoms with Crippen molar-refractivity contribution in [3.63, 3.8) is 0 Å². The summed E-state index contributed by atoms with van der Waals surface area (Å²) in [4.78, 5) is 6.44. The first-order valence-corrected chi connectivity index (χ1v) is 8.07. The van der Waals surface area contributed by atoms with Gasteiger partial charge >= 0.3 is 0 Å². The summed E-state index contributed by atoms with van der Waals surface area (Å²) in [6.07, 6.45) is 8.06. The number of nitrogens with two attached hydrogens (primary N) is 1. The average Bonchev–Trinajstić information content (AvgIpc) is 2.88. The van der Waals surface area contributed by atoms with Crippen molar-refractivity contribution in [3.8, 4) is 11.3 Å². The van der Waals surface area contributed by atoms with E-state index in [9.17, 15) is 0 Å². The molecular formula is C17H25N5. The predicted octanol–water partition coefficient (Wildman–Crippen LogP) is 2.23. The van der Waals surface area contributed by atoms with Gasteiger partial charge in [-0.2, -0.15) is 5.10 Å². The van der Waals surface area contributed by atoms with Crippen LogP contribution in [0.15, 0.2) is 24.5 Å². The molecule has 0 radical (unpaired) electrons. The van der Waals surface area contributed by atoms with E-state index in [1.165, 1.54) is 11.3 Å². The van der Waals surface area contributed by atoms with Gasteiger partial charge in [0.25, 0.3) is 0 Å². The van der Waals surface area contributed by atoms with Gasteiger partial charge in [0.1, 0.15) is 0 Å². The molecule has 0 fully saturated rings. The van der Waals surface area contributed by atoms with E-state index in [1.807, 2.05) is 12.3 Å². The van der Waals surface area contributed by atoms with Crippen molar-refractivity contribution in [3.05, 3.63) is 35.8 Å². The maximum Gasteiger partial charge on any atom is 0.0989 e. The number of aryl methyl sites for hydroxylation is 1. The van der Waals surface area contributed by atoms with Crippen LogP contribution in [0.25, 0.3) is 11.3 Å². The first-order valence-electron chi connectivity index (χ1n) is 8.07. The third-order valence-corrected chi connectivity index (χ3v) is 4.31. The first-order chi connectivity index (χ1) is 10.7. The summed E-state index contributed by atoms with van der Waals surface area (Å²) in [5, 5.41) is 4.89. The second kappa shape index (κ2) is 6.58. The van der Waals surface area contributed by atoms with E-state index in [2.05, 4.69) is 34.7 Å². The van der Waals surface area contributed by atoms with E-state index in [4.69, 9.17) is 10.8 Å². The molecule has 2 aromatic heterocycles. The number of nitrogens with zero attached hydrogens (tertiary/aromatic N) is 4. The van der Waals surface area contributed by atoms with Crippen LogP contribution < -0.4 is 5.73 Å². The maximum absolute atomic E-state index is 6.39. The molecule has 2 aromatic rings. The van der Waals surface area contributed by atoms with Crippen molar-refractivity contribution in [2.24, 2.45) is 5.73 Å². The molecule has 1 aliphatic rings. The predicted molar refractivity (Wildman–Crippen MR) is 88.5 cm³/mol. The van der Waals surface area contributed by atoms with Crippen molar-refractivity contribution in [1.82, 2.24) is 19.7 Å². The van der Waals surface area contributed by atoms with E-state index in [1.54, 1.807) is 6.20 Å². The fraction of sp³-hybridized carbons (Fsp3) is 0.529. The van der Waals surface area contributed by atoms with Gasteiger partial charge in [-0.3, -0.25) is 9.67 Å². The fourth-order valence-corrected chi connectivity index (χ4v) is 3.24. The molecule has 0 spiro atoms. The summed E-state index contributed by atoms with van der Waals surface area (Å²) in [6, 6.07) is 4.13. The lowest BCUT2D eigenvalue weighted by Crippen LogP contribution is -2.20. The Morgan fingerprint density at radius 3 is 3.00 bits per heavy atom. The van der Waals surface area contributed by atoms with Gasteiger partial charge in [-0.15, -0.1) is 0 Å². The number of hydrogen-bond acceptors (Lipinski definition) is 4. The molecule has 0 bridgehead atoms. The second-order valence-electron chi connectivity index (χ2n) is 6.33. The molecule has 118 valence electrons. The zero-order chi connectivity index (χ0) is 15.5. The molecule has 1 unspecified atom stereocenters. The van der Waals surface area contributed by atoms with Crippen molar-refractivity contribution in [2.75, 3.05) is 20.6 Å². The Labute approximate surface area is 132 Å². The normalized spacial score (nSPS) is 17.7. The molecule has 0 aliphatic heterocycles. The van der Waals surface area contributed by atoms with Crippen molar-refractivity contribution >= 4 is 0 Å². The highest BCUT2D eigenvalue weighted by atomic mass is 15.3. The Morgan fingerprint density at radius 2 is 2.27 bits per heavy atom. The zero-order valence-corrected chi connectivity index (χ0v) is 13.5. The Bertz CT molecular complexity index is 617. The molecule has 0 amide bonds. The summed E-state index contributed by atoms with van der Waals surface area (Å²) < 4.78 is 2.18. The van der Waals surface area contributed by atoms with Gasteiger partial charge < -0.3 is 10.6 Å². The number of pyridine rings is 1. The quantitative estimate of drug-likeness (QED) is 0.920. The van der Waals surface area contributed by atoms with Crippen LogP contribution in [0.3, 0.4) is 0 Å². The van der Waals surface area contributed by atoms with Gasteiger partial charge in [0.2, 0.25) is 0 Å². The van der Waals surface area contributed by atoms with Gasteiger partial charge in [0.05, 0.1) is 5.69 Å². The molecule has 5 nitrogen and oxygen atoms in total. The molecule has 0 saturated heterocycles. The molecule has 5 heteroatoms. The summed E-state index contributed by atoms with van der Waals surface area (Å²) in [7, 11) is 4.21. The van der Waals surface area contributed by atoms with Crippen molar-refractivity contribution in [1.29, 1.82) is 0 Å². The molecule has 2 N–H and O–H groups in total. The van der Waals surface area contributed by atoms with Crippen molar-refractivity contribution < 1.29 is 0 Å². The molecule has 22 heavy (non-hydrogen) atoms. The Balaban J connectivity index is 1.94. The van der Waals surface area contributed by atoms with E-state index in [0.717, 1.165) is 50.0 Å². The van der Waals surface area contributed by atoms with Gasteiger partial charge in [0, 0.05) is 41.8 Å². The van der Waals surface area contributed by atoms with Crippen LogP contribution in [0, 0.1) is 0 Å². The van der Waals surface area contributed by atoms with Gasteiger partial charge in [-0.1, -0.05) is 0 Å². The van der Waals surface area contributed by atoms with E-state index >= 15 is 0 Å². The van der Waals surface area contributed by atoms with Crippen LogP contribution in [0.4, 0.5) is 0 Å². The summed E-state index contributed by atoms with van der Waals surface area (Å²) in [5.41, 5.74) is 11.1. The fourth-order valence-electron chi connectivity index (χ4n) is 3.24. The van der Waals surface area contributed by atoms with Crippen LogP contribution >= 0.6 is 0 Å². The largest absolute Gasteiger partial charge is 0.324 e. The topological polar surface area (TPSA) is 60.0 Å². The van der Waals surface area contributed by atoms with Crippen LogP contribution in [-0.4, -0.2) is 40.3 Å². The minimum atomic E-state index is 0.0987. The van der Waals surface area contributed by atoms with E-state index in [0.29, 0.717) is 0 Å². The van der Waals surface area contributed by atoms with Gasteiger partial charge in [0.15, 0.2) is 0 Å². The van der Waals surface area contributed by atoms with Crippen LogP contribution in [-0.2, 0) is 13.0 Å². The van der Waals surface area contributed by atoms with Crippen molar-refractivity contribution in [2.45, 2.75) is 38.3 Å².